The average molecular weight is 216 g/mol. The lowest BCUT2D eigenvalue weighted by Gasteiger charge is -2.22. The van der Waals surface area contributed by atoms with Crippen LogP contribution in [0.15, 0.2) is 48.5 Å². The second-order valence-electron chi connectivity index (χ2n) is 3.50. The summed E-state index contributed by atoms with van der Waals surface area (Å²) in [6.07, 6.45) is 1.07. The molecule has 1 nitrogen and oxygen atoms in total. The van der Waals surface area contributed by atoms with Crippen molar-refractivity contribution in [3.63, 3.8) is 0 Å². The van der Waals surface area contributed by atoms with Gasteiger partial charge in [-0.2, -0.15) is 13.5 Å². The number of hydrogen-bond donors (Lipinski definition) is 0. The average Bonchev–Trinajstić information content (AvgIpc) is 2.28. The van der Waals surface area contributed by atoms with Crippen LogP contribution in [0.25, 0.3) is 0 Å². The molecule has 0 radical (unpaired) electrons. The van der Waals surface area contributed by atoms with E-state index in [0.29, 0.717) is 0 Å². The molecule has 0 saturated heterocycles. The van der Waals surface area contributed by atoms with E-state index in [1.54, 1.807) is 0 Å². The summed E-state index contributed by atoms with van der Waals surface area (Å²) in [7, 11) is 0. The molecule has 2 bridgehead atoms. The van der Waals surface area contributed by atoms with Crippen molar-refractivity contribution >= 4 is 13.5 Å². The van der Waals surface area contributed by atoms with Crippen molar-refractivity contribution in [2.24, 2.45) is 0 Å². The summed E-state index contributed by atoms with van der Waals surface area (Å²) in [4.78, 5) is 0. The minimum absolute atomic E-state index is 0. The Morgan fingerprint density at radius 3 is 2.07 bits per heavy atom. The Balaban J connectivity index is 0.000000853. The van der Waals surface area contributed by atoms with Crippen molar-refractivity contribution in [2.45, 2.75) is 6.42 Å². The molecule has 2 aromatic carbocycles. The first-order chi connectivity index (χ1) is 6.93. The molecule has 0 unspecified atom stereocenters. The van der Waals surface area contributed by atoms with E-state index in [4.69, 9.17) is 4.74 Å². The third-order valence-corrected chi connectivity index (χ3v) is 2.52. The molecule has 2 aromatic rings. The molecule has 2 heteroatoms. The van der Waals surface area contributed by atoms with Gasteiger partial charge in [0.25, 0.3) is 0 Å². The summed E-state index contributed by atoms with van der Waals surface area (Å²) in [5, 5.41) is 0. The highest BCUT2D eigenvalue weighted by Crippen LogP contribution is 2.39. The molecule has 1 aliphatic carbocycles. The van der Waals surface area contributed by atoms with Crippen molar-refractivity contribution in [1.82, 2.24) is 0 Å². The fourth-order valence-electron chi connectivity index (χ4n) is 1.75. The van der Waals surface area contributed by atoms with Crippen molar-refractivity contribution in [2.75, 3.05) is 0 Å². The van der Waals surface area contributed by atoms with Crippen LogP contribution < -0.4 is 4.74 Å². The van der Waals surface area contributed by atoms with Gasteiger partial charge in [-0.1, -0.05) is 36.4 Å². The van der Waals surface area contributed by atoms with Gasteiger partial charge in [0.15, 0.2) is 0 Å². The maximum atomic E-state index is 5.78. The molecule has 0 aromatic heterocycles. The minimum atomic E-state index is 0. The fourth-order valence-corrected chi connectivity index (χ4v) is 1.75. The molecule has 0 amide bonds. The van der Waals surface area contributed by atoms with Crippen LogP contribution in [-0.2, 0) is 6.42 Å². The van der Waals surface area contributed by atoms with Crippen molar-refractivity contribution in [3.8, 4) is 11.5 Å². The smallest absolute Gasteiger partial charge is 0.134 e. The van der Waals surface area contributed by atoms with Gasteiger partial charge in [-0.3, -0.25) is 0 Å². The first kappa shape index (κ1) is 10.1. The molecule has 1 aliphatic rings. The van der Waals surface area contributed by atoms with Crippen LogP contribution in [0, 0.1) is 0 Å². The summed E-state index contributed by atoms with van der Waals surface area (Å²) in [6.45, 7) is 0. The molecule has 0 spiro atoms. The summed E-state index contributed by atoms with van der Waals surface area (Å²) in [5.41, 5.74) is 2.62. The van der Waals surface area contributed by atoms with E-state index >= 15 is 0 Å². The number of fused-ring (bicyclic) bond motifs is 2. The molecule has 76 valence electrons. The first-order valence-corrected chi connectivity index (χ1v) is 4.77. The van der Waals surface area contributed by atoms with Crippen LogP contribution in [0.3, 0.4) is 0 Å². The van der Waals surface area contributed by atoms with E-state index in [9.17, 15) is 0 Å². The second-order valence-corrected chi connectivity index (χ2v) is 3.50. The monoisotopic (exact) mass is 216 g/mol. The maximum Gasteiger partial charge on any atom is 0.134 e. The Morgan fingerprint density at radius 2 is 1.47 bits per heavy atom. The number of hydrogen-bond acceptors (Lipinski definition) is 1. The van der Waals surface area contributed by atoms with Gasteiger partial charge in [-0.15, -0.1) is 0 Å². The SMILES string of the molecule is S.c1ccc(Oc2c3cccc2C3)cc1. The van der Waals surface area contributed by atoms with E-state index in [0.717, 1.165) is 17.9 Å². The molecule has 0 atom stereocenters. The third-order valence-electron chi connectivity index (χ3n) is 2.52. The molecular formula is C13H12OS. The molecule has 0 fully saturated rings. The van der Waals surface area contributed by atoms with Crippen molar-refractivity contribution in [1.29, 1.82) is 0 Å². The summed E-state index contributed by atoms with van der Waals surface area (Å²) >= 11 is 0. The van der Waals surface area contributed by atoms with E-state index in [2.05, 4.69) is 18.2 Å². The third kappa shape index (κ3) is 1.73. The maximum absolute atomic E-state index is 5.78. The normalized spacial score (nSPS) is 11.2. The number of ether oxygens (including phenoxy) is 1. The fraction of sp³-hybridized carbons (Fsp3) is 0.0769. The Labute approximate surface area is 96.2 Å². The first-order valence-electron chi connectivity index (χ1n) is 4.77. The molecule has 15 heavy (non-hydrogen) atoms. The topological polar surface area (TPSA) is 9.23 Å². The molecule has 0 saturated carbocycles. The van der Waals surface area contributed by atoms with E-state index in [1.165, 1.54) is 11.1 Å². The highest BCUT2D eigenvalue weighted by Gasteiger charge is 2.20. The van der Waals surface area contributed by atoms with Gasteiger partial charge in [0.05, 0.1) is 0 Å². The lowest BCUT2D eigenvalue weighted by Crippen LogP contribution is -2.06. The van der Waals surface area contributed by atoms with Crippen LogP contribution >= 0.6 is 13.5 Å². The second kappa shape index (κ2) is 3.99. The van der Waals surface area contributed by atoms with Crippen LogP contribution in [0.1, 0.15) is 11.1 Å². The summed E-state index contributed by atoms with van der Waals surface area (Å²) in [5.74, 6) is 1.97. The molecular weight excluding hydrogens is 204 g/mol. The Hall–Kier alpha value is -1.41. The van der Waals surface area contributed by atoms with E-state index < -0.39 is 0 Å². The highest BCUT2D eigenvalue weighted by atomic mass is 32.1. The standard InChI is InChI=1S/C13H10O.H2S/c1-2-7-12(8-3-1)14-13-10-5-4-6-11(13)9-10;/h1-8H,9H2;1H2. The van der Waals surface area contributed by atoms with Crippen LogP contribution in [-0.4, -0.2) is 0 Å². The van der Waals surface area contributed by atoms with E-state index in [1.807, 2.05) is 30.3 Å². The Bertz CT molecular complexity index is 445. The largest absolute Gasteiger partial charge is 0.457 e. The van der Waals surface area contributed by atoms with Gasteiger partial charge in [-0.05, 0) is 23.3 Å². The lowest BCUT2D eigenvalue weighted by atomic mass is 9.91. The molecule has 0 N–H and O–H groups in total. The predicted molar refractivity (Wildman–Crippen MR) is 66.1 cm³/mol. The van der Waals surface area contributed by atoms with Gasteiger partial charge in [-0.25, -0.2) is 0 Å². The zero-order valence-electron chi connectivity index (χ0n) is 8.23. The van der Waals surface area contributed by atoms with Gasteiger partial charge in [0, 0.05) is 6.42 Å². The van der Waals surface area contributed by atoms with Gasteiger partial charge >= 0.3 is 0 Å². The predicted octanol–water partition coefficient (Wildman–Crippen LogP) is 3.50. The van der Waals surface area contributed by atoms with Gasteiger partial charge in [0.2, 0.25) is 0 Å². The van der Waals surface area contributed by atoms with Gasteiger partial charge < -0.3 is 4.74 Å². The van der Waals surface area contributed by atoms with Crippen LogP contribution in [0.2, 0.25) is 0 Å². The van der Waals surface area contributed by atoms with Crippen LogP contribution in [0.4, 0.5) is 0 Å². The zero-order valence-corrected chi connectivity index (χ0v) is 9.23. The van der Waals surface area contributed by atoms with Gasteiger partial charge in [0.1, 0.15) is 11.5 Å². The minimum Gasteiger partial charge on any atom is -0.457 e. The van der Waals surface area contributed by atoms with Crippen molar-refractivity contribution in [3.05, 3.63) is 59.7 Å². The summed E-state index contributed by atoms with van der Waals surface area (Å²) in [6, 6.07) is 16.2. The lowest BCUT2D eigenvalue weighted by molar-refractivity contribution is 0.459. The molecule has 0 aliphatic heterocycles. The van der Waals surface area contributed by atoms with E-state index in [-0.39, 0.29) is 13.5 Å². The molecule has 0 heterocycles. The highest BCUT2D eigenvalue weighted by molar-refractivity contribution is 7.59. The number of para-hydroxylation sites is 2. The zero-order chi connectivity index (χ0) is 9.38. The number of rotatable bonds is 2. The van der Waals surface area contributed by atoms with Crippen LogP contribution in [0.5, 0.6) is 11.5 Å². The number of benzene rings is 2. The van der Waals surface area contributed by atoms with Crippen molar-refractivity contribution < 1.29 is 4.74 Å². The molecule has 3 rings (SSSR count). The Kier molecular flexibility index (Phi) is 2.69. The summed E-state index contributed by atoms with van der Waals surface area (Å²) < 4.78 is 5.78. The Morgan fingerprint density at radius 1 is 0.800 bits per heavy atom. The quantitative estimate of drug-likeness (QED) is 0.637.